The van der Waals surface area contributed by atoms with Crippen molar-refractivity contribution in [1.82, 2.24) is 14.9 Å². The summed E-state index contributed by atoms with van der Waals surface area (Å²) in [4.78, 5) is 16.5. The fourth-order valence-electron chi connectivity index (χ4n) is 4.21. The van der Waals surface area contributed by atoms with Crippen LogP contribution in [0.25, 0.3) is 11.0 Å². The van der Waals surface area contributed by atoms with Crippen LogP contribution in [0, 0.1) is 13.8 Å². The number of hydrogen-bond acceptors (Lipinski definition) is 3. The second-order valence-electron chi connectivity index (χ2n) is 8.90. The fourth-order valence-corrected chi connectivity index (χ4v) is 4.21. The Labute approximate surface area is 198 Å². The molecule has 0 saturated heterocycles. The number of para-hydroxylation sites is 2. The zero-order chi connectivity index (χ0) is 23.5. The third-order valence-corrected chi connectivity index (χ3v) is 5.97. The first-order valence-corrected chi connectivity index (χ1v) is 12.5. The topological polar surface area (TPSA) is 56.2 Å². The molecule has 3 aromatic rings. The van der Waals surface area contributed by atoms with E-state index in [9.17, 15) is 4.79 Å². The molecule has 0 aliphatic carbocycles. The van der Waals surface area contributed by atoms with E-state index >= 15 is 0 Å². The molecule has 0 unspecified atom stereocenters. The van der Waals surface area contributed by atoms with E-state index in [0.29, 0.717) is 6.42 Å². The number of nitrogens with one attached hydrogen (secondary N) is 1. The number of imidazole rings is 1. The highest BCUT2D eigenvalue weighted by Gasteiger charge is 2.10. The van der Waals surface area contributed by atoms with Crippen LogP contribution < -0.4 is 10.1 Å². The highest BCUT2D eigenvalue weighted by Crippen LogP contribution is 2.20. The highest BCUT2D eigenvalue weighted by atomic mass is 16.5. The molecular weight excluding hydrogens is 410 g/mol. The van der Waals surface area contributed by atoms with E-state index < -0.39 is 0 Å². The van der Waals surface area contributed by atoms with E-state index in [-0.39, 0.29) is 5.91 Å². The van der Waals surface area contributed by atoms with E-state index in [1.807, 2.05) is 6.92 Å². The summed E-state index contributed by atoms with van der Waals surface area (Å²) in [5, 5.41) is 3.00. The van der Waals surface area contributed by atoms with Crippen molar-refractivity contribution in [2.45, 2.75) is 78.7 Å². The molecule has 0 atom stereocenters. The number of carbonyl (C=O) groups excluding carboxylic acids is 1. The van der Waals surface area contributed by atoms with Gasteiger partial charge < -0.3 is 14.6 Å². The van der Waals surface area contributed by atoms with Crippen LogP contribution in [0.4, 0.5) is 0 Å². The summed E-state index contributed by atoms with van der Waals surface area (Å²) < 4.78 is 8.39. The molecule has 0 aliphatic rings. The van der Waals surface area contributed by atoms with Crippen LogP contribution in [0.3, 0.4) is 0 Å². The maximum Gasteiger partial charge on any atom is 0.219 e. The summed E-state index contributed by atoms with van der Waals surface area (Å²) in [7, 11) is 0. The zero-order valence-corrected chi connectivity index (χ0v) is 20.5. The minimum atomic E-state index is 0.167. The Bertz CT molecular complexity index is 1030. The lowest BCUT2D eigenvalue weighted by atomic mass is 10.1. The van der Waals surface area contributed by atoms with E-state index in [0.717, 1.165) is 75.9 Å². The molecule has 178 valence electrons. The fraction of sp³-hybridized carbons (Fsp3) is 0.500. The van der Waals surface area contributed by atoms with Gasteiger partial charge in [0, 0.05) is 25.9 Å². The van der Waals surface area contributed by atoms with Gasteiger partial charge in [-0.05, 0) is 69.7 Å². The van der Waals surface area contributed by atoms with Crippen molar-refractivity contribution in [1.29, 1.82) is 0 Å². The first-order valence-electron chi connectivity index (χ1n) is 12.5. The molecular formula is C28H39N3O2. The van der Waals surface area contributed by atoms with Gasteiger partial charge in [-0.25, -0.2) is 4.98 Å². The minimum Gasteiger partial charge on any atom is -0.493 e. The van der Waals surface area contributed by atoms with Crippen molar-refractivity contribution in [3.05, 3.63) is 59.4 Å². The number of rotatable bonds is 14. The van der Waals surface area contributed by atoms with Gasteiger partial charge in [0.15, 0.2) is 0 Å². The summed E-state index contributed by atoms with van der Waals surface area (Å²) in [5.74, 6) is 2.32. The predicted octanol–water partition coefficient (Wildman–Crippen LogP) is 6.14. The molecule has 3 rings (SSSR count). The van der Waals surface area contributed by atoms with Crippen molar-refractivity contribution in [2.24, 2.45) is 0 Å². The van der Waals surface area contributed by atoms with Crippen LogP contribution in [0.1, 0.15) is 68.8 Å². The third-order valence-electron chi connectivity index (χ3n) is 5.97. The van der Waals surface area contributed by atoms with Crippen molar-refractivity contribution in [3.63, 3.8) is 0 Å². The first kappa shape index (κ1) is 24.8. The Balaban J connectivity index is 1.46. The third kappa shape index (κ3) is 7.62. The van der Waals surface area contributed by atoms with Gasteiger partial charge in [0.2, 0.25) is 5.91 Å². The summed E-state index contributed by atoms with van der Waals surface area (Å²) in [5.41, 5.74) is 4.75. The Hall–Kier alpha value is -2.82. The SMILES string of the molecule is CCCC(=O)NCCCCCc1nc2ccccc2n1CCCCOc1ccc(C)cc1C. The van der Waals surface area contributed by atoms with E-state index in [1.54, 1.807) is 0 Å². The number of unbranched alkanes of at least 4 members (excludes halogenated alkanes) is 3. The van der Waals surface area contributed by atoms with Crippen LogP contribution in [0.5, 0.6) is 5.75 Å². The number of aryl methyl sites for hydroxylation is 4. The Morgan fingerprint density at radius 1 is 1.03 bits per heavy atom. The van der Waals surface area contributed by atoms with E-state index in [1.165, 1.54) is 22.5 Å². The lowest BCUT2D eigenvalue weighted by Gasteiger charge is -2.12. The van der Waals surface area contributed by atoms with Crippen LogP contribution in [-0.4, -0.2) is 28.6 Å². The van der Waals surface area contributed by atoms with Crippen LogP contribution in [0.2, 0.25) is 0 Å². The standard InChI is InChI=1S/C28H39N3O2/c1-4-12-28(32)29-18-9-5-6-15-27-30-24-13-7-8-14-25(24)31(27)19-10-11-20-33-26-17-16-22(2)21-23(26)3/h7-8,13-14,16-17,21H,4-6,9-12,15,18-20H2,1-3H3,(H,29,32). The summed E-state index contributed by atoms with van der Waals surface area (Å²) in [6.07, 6.45) is 7.77. The second kappa shape index (κ2) is 13.0. The lowest BCUT2D eigenvalue weighted by molar-refractivity contribution is -0.121. The number of amides is 1. The number of benzene rings is 2. The Kier molecular flexibility index (Phi) is 9.79. The molecule has 0 fully saturated rings. The zero-order valence-electron chi connectivity index (χ0n) is 20.5. The number of nitrogens with zero attached hydrogens (tertiary/aromatic N) is 2. The molecule has 0 aliphatic heterocycles. The molecule has 2 aromatic carbocycles. The normalized spacial score (nSPS) is 11.1. The molecule has 0 saturated carbocycles. The molecule has 0 bridgehead atoms. The van der Waals surface area contributed by atoms with Crippen molar-refractivity contribution < 1.29 is 9.53 Å². The van der Waals surface area contributed by atoms with Crippen molar-refractivity contribution in [2.75, 3.05) is 13.2 Å². The van der Waals surface area contributed by atoms with Gasteiger partial charge in [0.25, 0.3) is 0 Å². The van der Waals surface area contributed by atoms with Crippen LogP contribution >= 0.6 is 0 Å². The first-order chi connectivity index (χ1) is 16.1. The molecule has 33 heavy (non-hydrogen) atoms. The van der Waals surface area contributed by atoms with Gasteiger partial charge in [0.1, 0.15) is 11.6 Å². The highest BCUT2D eigenvalue weighted by molar-refractivity contribution is 5.76. The number of fused-ring (bicyclic) bond motifs is 1. The van der Waals surface area contributed by atoms with Gasteiger partial charge in [-0.2, -0.15) is 0 Å². The number of aromatic nitrogens is 2. The summed E-state index contributed by atoms with van der Waals surface area (Å²) >= 11 is 0. The number of hydrogen-bond donors (Lipinski definition) is 1. The smallest absolute Gasteiger partial charge is 0.219 e. The Morgan fingerprint density at radius 3 is 2.70 bits per heavy atom. The average Bonchev–Trinajstić information content (AvgIpc) is 3.15. The van der Waals surface area contributed by atoms with E-state index in [4.69, 9.17) is 9.72 Å². The molecule has 5 heteroatoms. The molecule has 0 spiro atoms. The summed E-state index contributed by atoms with van der Waals surface area (Å²) in [6.45, 7) is 8.70. The lowest BCUT2D eigenvalue weighted by Crippen LogP contribution is -2.23. The monoisotopic (exact) mass is 449 g/mol. The van der Waals surface area contributed by atoms with Gasteiger partial charge in [-0.3, -0.25) is 4.79 Å². The van der Waals surface area contributed by atoms with Gasteiger partial charge in [-0.15, -0.1) is 0 Å². The maximum absolute atomic E-state index is 11.6. The molecule has 1 N–H and O–H groups in total. The molecule has 1 heterocycles. The Morgan fingerprint density at radius 2 is 1.88 bits per heavy atom. The number of ether oxygens (including phenoxy) is 1. The van der Waals surface area contributed by atoms with Gasteiger partial charge in [-0.1, -0.05) is 43.2 Å². The second-order valence-corrected chi connectivity index (χ2v) is 8.90. The molecule has 1 aromatic heterocycles. The number of carbonyl (C=O) groups is 1. The van der Waals surface area contributed by atoms with Crippen molar-refractivity contribution in [3.8, 4) is 5.75 Å². The summed E-state index contributed by atoms with van der Waals surface area (Å²) in [6, 6.07) is 14.8. The van der Waals surface area contributed by atoms with Crippen LogP contribution in [0.15, 0.2) is 42.5 Å². The van der Waals surface area contributed by atoms with Crippen LogP contribution in [-0.2, 0) is 17.8 Å². The van der Waals surface area contributed by atoms with E-state index in [2.05, 4.69) is 66.2 Å². The minimum absolute atomic E-state index is 0.167. The van der Waals surface area contributed by atoms with Gasteiger partial charge >= 0.3 is 0 Å². The molecule has 1 amide bonds. The molecule has 0 radical (unpaired) electrons. The quantitative estimate of drug-likeness (QED) is 0.301. The maximum atomic E-state index is 11.6. The van der Waals surface area contributed by atoms with Gasteiger partial charge in [0.05, 0.1) is 17.6 Å². The van der Waals surface area contributed by atoms with Crippen molar-refractivity contribution >= 4 is 16.9 Å². The molecule has 5 nitrogen and oxygen atoms in total. The largest absolute Gasteiger partial charge is 0.493 e. The average molecular weight is 450 g/mol. The predicted molar refractivity (Wildman–Crippen MR) is 136 cm³/mol.